The number of nitrogens with one attached hydrogen (secondary N) is 1. The van der Waals surface area contributed by atoms with Gasteiger partial charge in [0.1, 0.15) is 5.69 Å². The molecule has 8 nitrogen and oxygen atoms in total. The van der Waals surface area contributed by atoms with Crippen molar-refractivity contribution in [2.75, 3.05) is 38.9 Å². The van der Waals surface area contributed by atoms with Crippen molar-refractivity contribution in [3.8, 4) is 0 Å². The summed E-state index contributed by atoms with van der Waals surface area (Å²) in [7, 11) is -0.467. The van der Waals surface area contributed by atoms with Crippen molar-refractivity contribution in [1.82, 2.24) is 0 Å². The van der Waals surface area contributed by atoms with Crippen LogP contribution in [0.15, 0.2) is 23.1 Å². The van der Waals surface area contributed by atoms with Crippen molar-refractivity contribution in [3.63, 3.8) is 0 Å². The van der Waals surface area contributed by atoms with E-state index in [1.54, 1.807) is 0 Å². The van der Waals surface area contributed by atoms with Crippen LogP contribution in [-0.2, 0) is 19.3 Å². The molecular weight excluding hydrogens is 300 g/mol. The molecule has 0 aliphatic carbocycles. The van der Waals surface area contributed by atoms with Crippen molar-refractivity contribution >= 4 is 21.2 Å². The molecule has 1 aromatic rings. The summed E-state index contributed by atoms with van der Waals surface area (Å²) in [5.41, 5.74) is -0.0734. The number of hydrogen-bond donors (Lipinski definition) is 1. The molecule has 9 heteroatoms. The fourth-order valence-corrected chi connectivity index (χ4v) is 2.30. The van der Waals surface area contributed by atoms with Gasteiger partial charge < -0.3 is 14.8 Å². The van der Waals surface area contributed by atoms with Crippen molar-refractivity contribution in [2.24, 2.45) is 0 Å². The number of methoxy groups -OCH3 is 2. The van der Waals surface area contributed by atoms with Gasteiger partial charge in [-0.05, 0) is 12.1 Å². The van der Waals surface area contributed by atoms with E-state index in [1.165, 1.54) is 26.4 Å². The zero-order chi connectivity index (χ0) is 16.0. The van der Waals surface area contributed by atoms with Crippen LogP contribution in [0.3, 0.4) is 0 Å². The number of benzene rings is 1. The molecule has 0 saturated heterocycles. The zero-order valence-electron chi connectivity index (χ0n) is 12.0. The quantitative estimate of drug-likeness (QED) is 0.564. The molecule has 0 fully saturated rings. The second-order valence-electron chi connectivity index (χ2n) is 4.40. The van der Waals surface area contributed by atoms with Crippen LogP contribution in [0.1, 0.15) is 0 Å². The molecule has 0 aliphatic heterocycles. The Kier molecular flexibility index (Phi) is 6.06. The van der Waals surface area contributed by atoms with E-state index in [9.17, 15) is 18.5 Å². The number of hydrogen-bond acceptors (Lipinski definition) is 7. The first-order chi connectivity index (χ1) is 9.79. The Hall–Kier alpha value is -1.71. The van der Waals surface area contributed by atoms with Crippen LogP contribution < -0.4 is 5.32 Å². The molecule has 1 rings (SSSR count). The molecule has 0 spiro atoms. The Morgan fingerprint density at radius 2 is 2.05 bits per heavy atom. The summed E-state index contributed by atoms with van der Waals surface area (Å²) in [5, 5.41) is 13.9. The molecule has 0 aromatic heterocycles. The monoisotopic (exact) mass is 318 g/mol. The van der Waals surface area contributed by atoms with Gasteiger partial charge in [0.05, 0.1) is 22.5 Å². The maximum absolute atomic E-state index is 11.4. The fraction of sp³-hybridized carbons (Fsp3) is 0.500. The molecule has 118 valence electrons. The van der Waals surface area contributed by atoms with Crippen LogP contribution in [0.5, 0.6) is 0 Å². The lowest BCUT2D eigenvalue weighted by Gasteiger charge is -2.16. The van der Waals surface area contributed by atoms with Crippen molar-refractivity contribution < 1.29 is 22.8 Å². The predicted octanol–water partition coefficient (Wildman–Crippen LogP) is 1.07. The average Bonchev–Trinajstić information content (AvgIpc) is 2.42. The second kappa shape index (κ2) is 7.34. The lowest BCUT2D eigenvalue weighted by atomic mass is 10.2. The lowest BCUT2D eigenvalue weighted by molar-refractivity contribution is -0.384. The van der Waals surface area contributed by atoms with Gasteiger partial charge in [0, 0.05) is 33.1 Å². The van der Waals surface area contributed by atoms with Gasteiger partial charge in [-0.2, -0.15) is 0 Å². The minimum absolute atomic E-state index is 0.0973. The van der Waals surface area contributed by atoms with E-state index in [0.29, 0.717) is 13.2 Å². The number of nitro groups is 1. The smallest absolute Gasteiger partial charge is 0.293 e. The number of rotatable bonds is 8. The lowest BCUT2D eigenvalue weighted by Crippen LogP contribution is -2.26. The number of anilines is 1. The number of sulfone groups is 1. The van der Waals surface area contributed by atoms with Gasteiger partial charge >= 0.3 is 0 Å². The van der Waals surface area contributed by atoms with Gasteiger partial charge in [0.25, 0.3) is 5.69 Å². The molecule has 0 bridgehead atoms. The predicted molar refractivity (Wildman–Crippen MR) is 77.4 cm³/mol. The first-order valence-electron chi connectivity index (χ1n) is 6.03. The van der Waals surface area contributed by atoms with E-state index in [2.05, 4.69) is 5.32 Å². The molecule has 21 heavy (non-hydrogen) atoms. The highest BCUT2D eigenvalue weighted by molar-refractivity contribution is 7.90. The molecule has 0 aliphatic rings. The summed E-state index contributed by atoms with van der Waals surface area (Å²) < 4.78 is 33.0. The number of ether oxygens (including phenoxy) is 2. The Morgan fingerprint density at radius 3 is 2.52 bits per heavy atom. The van der Waals surface area contributed by atoms with E-state index >= 15 is 0 Å². The van der Waals surface area contributed by atoms with Crippen LogP contribution in [0.4, 0.5) is 11.4 Å². The summed E-state index contributed by atoms with van der Waals surface area (Å²) in [4.78, 5) is 10.3. The highest BCUT2D eigenvalue weighted by Gasteiger charge is 2.19. The van der Waals surface area contributed by atoms with Gasteiger partial charge in [-0.15, -0.1) is 0 Å². The highest BCUT2D eigenvalue weighted by Crippen LogP contribution is 2.27. The fourth-order valence-electron chi connectivity index (χ4n) is 1.66. The maximum Gasteiger partial charge on any atom is 0.293 e. The van der Waals surface area contributed by atoms with Crippen LogP contribution in [-0.4, -0.2) is 53.1 Å². The summed E-state index contributed by atoms with van der Waals surface area (Å²) in [5.74, 6) is 0. The third kappa shape index (κ3) is 4.96. The Labute approximate surface area is 123 Å². The minimum atomic E-state index is -3.50. The Bertz CT molecular complexity index is 602. The van der Waals surface area contributed by atoms with Gasteiger partial charge in [-0.25, -0.2) is 8.42 Å². The summed E-state index contributed by atoms with van der Waals surface area (Å²) in [6, 6.07) is 3.73. The standard InChI is InChI=1S/C12H18N2O6S/c1-19-8-9(20-2)7-13-11-5-4-10(21(3,17)18)6-12(11)14(15)16/h4-6,9,13H,7-8H2,1-3H3. The Morgan fingerprint density at radius 1 is 1.38 bits per heavy atom. The third-order valence-corrected chi connectivity index (χ3v) is 3.91. The highest BCUT2D eigenvalue weighted by atomic mass is 32.2. The van der Waals surface area contributed by atoms with Crippen LogP contribution in [0.2, 0.25) is 0 Å². The van der Waals surface area contributed by atoms with Gasteiger partial charge in [0.15, 0.2) is 9.84 Å². The van der Waals surface area contributed by atoms with E-state index in [1.807, 2.05) is 0 Å². The largest absolute Gasteiger partial charge is 0.382 e. The first-order valence-corrected chi connectivity index (χ1v) is 7.92. The number of nitrogens with zero attached hydrogens (tertiary/aromatic N) is 1. The SMILES string of the molecule is COCC(CNc1ccc(S(C)(=O)=O)cc1[N+](=O)[O-])OC. The molecule has 0 radical (unpaired) electrons. The number of nitro benzene ring substituents is 1. The van der Waals surface area contributed by atoms with E-state index in [-0.39, 0.29) is 22.4 Å². The average molecular weight is 318 g/mol. The van der Waals surface area contributed by atoms with Gasteiger partial charge in [0.2, 0.25) is 0 Å². The molecule has 1 aromatic carbocycles. The van der Waals surface area contributed by atoms with E-state index < -0.39 is 14.8 Å². The molecule has 1 atom stereocenters. The zero-order valence-corrected chi connectivity index (χ0v) is 12.8. The van der Waals surface area contributed by atoms with Crippen molar-refractivity contribution in [3.05, 3.63) is 28.3 Å². The molecule has 0 amide bonds. The molecule has 1 N–H and O–H groups in total. The topological polar surface area (TPSA) is 108 Å². The van der Waals surface area contributed by atoms with Crippen molar-refractivity contribution in [2.45, 2.75) is 11.0 Å². The molecule has 1 unspecified atom stereocenters. The first kappa shape index (κ1) is 17.3. The van der Waals surface area contributed by atoms with Gasteiger partial charge in [-0.1, -0.05) is 0 Å². The third-order valence-electron chi connectivity index (χ3n) is 2.80. The van der Waals surface area contributed by atoms with Crippen LogP contribution in [0.25, 0.3) is 0 Å². The second-order valence-corrected chi connectivity index (χ2v) is 6.42. The van der Waals surface area contributed by atoms with Crippen LogP contribution >= 0.6 is 0 Å². The molecule has 0 saturated carbocycles. The molecular formula is C12H18N2O6S. The minimum Gasteiger partial charge on any atom is -0.382 e. The maximum atomic E-state index is 11.4. The van der Waals surface area contributed by atoms with Gasteiger partial charge in [-0.3, -0.25) is 10.1 Å². The summed E-state index contributed by atoms with van der Waals surface area (Å²) >= 11 is 0. The van der Waals surface area contributed by atoms with E-state index in [0.717, 1.165) is 12.3 Å². The summed E-state index contributed by atoms with van der Waals surface area (Å²) in [6.45, 7) is 0.627. The van der Waals surface area contributed by atoms with Crippen LogP contribution in [0, 0.1) is 10.1 Å². The summed E-state index contributed by atoms with van der Waals surface area (Å²) in [6.07, 6.45) is 0.725. The Balaban J connectivity index is 3.00. The van der Waals surface area contributed by atoms with E-state index in [4.69, 9.17) is 9.47 Å². The normalized spacial score (nSPS) is 12.9. The van der Waals surface area contributed by atoms with Crippen molar-refractivity contribution in [1.29, 1.82) is 0 Å². The molecule has 0 heterocycles.